The summed E-state index contributed by atoms with van der Waals surface area (Å²) in [5, 5.41) is 0. The zero-order valence-corrected chi connectivity index (χ0v) is 8.13. The summed E-state index contributed by atoms with van der Waals surface area (Å²) >= 11 is 1.60. The van der Waals surface area contributed by atoms with Crippen LogP contribution >= 0.6 is 11.3 Å². The summed E-state index contributed by atoms with van der Waals surface area (Å²) in [6.45, 7) is 1.36. The fourth-order valence-corrected chi connectivity index (χ4v) is 2.23. The van der Waals surface area contributed by atoms with Crippen LogP contribution in [0.1, 0.15) is 10.6 Å². The van der Waals surface area contributed by atoms with Crippen molar-refractivity contribution in [3.8, 4) is 0 Å². The molecule has 5 heteroatoms. The van der Waals surface area contributed by atoms with Crippen LogP contribution in [0.2, 0.25) is 0 Å². The molecule has 0 aliphatic carbocycles. The smallest absolute Gasteiger partial charge is 0.409 e. The molecule has 0 bridgehead atoms. The van der Waals surface area contributed by atoms with Gasteiger partial charge in [0, 0.05) is 17.8 Å². The number of hydrogen-bond acceptors (Lipinski definition) is 4. The Morgan fingerprint density at radius 2 is 2.62 bits per heavy atom. The number of aromatic nitrogens is 1. The molecule has 0 spiro atoms. The van der Waals surface area contributed by atoms with Crippen LogP contribution in [0.3, 0.4) is 0 Å². The molecule has 0 unspecified atom stereocenters. The Morgan fingerprint density at radius 1 is 1.77 bits per heavy atom. The second kappa shape index (κ2) is 3.33. The molecule has 0 radical (unpaired) electrons. The summed E-state index contributed by atoms with van der Waals surface area (Å²) in [5.74, 6) is 0. The molecule has 2 rings (SSSR count). The largest absolute Gasteiger partial charge is 0.453 e. The van der Waals surface area contributed by atoms with E-state index in [4.69, 9.17) is 0 Å². The van der Waals surface area contributed by atoms with Crippen LogP contribution in [0.15, 0.2) is 5.51 Å². The van der Waals surface area contributed by atoms with Gasteiger partial charge in [-0.3, -0.25) is 0 Å². The molecule has 70 valence electrons. The average Bonchev–Trinajstić information content (AvgIpc) is 2.63. The molecule has 1 aliphatic heterocycles. The summed E-state index contributed by atoms with van der Waals surface area (Å²) in [6, 6.07) is 0. The van der Waals surface area contributed by atoms with Crippen molar-refractivity contribution in [2.24, 2.45) is 0 Å². The zero-order valence-electron chi connectivity index (χ0n) is 7.32. The van der Waals surface area contributed by atoms with Crippen molar-refractivity contribution in [1.29, 1.82) is 0 Å². The fraction of sp³-hybridized carbons (Fsp3) is 0.500. The van der Waals surface area contributed by atoms with Gasteiger partial charge in [0.1, 0.15) is 0 Å². The van der Waals surface area contributed by atoms with Gasteiger partial charge in [-0.25, -0.2) is 9.78 Å². The normalized spacial score (nSPS) is 15.3. The number of fused-ring (bicyclic) bond motifs is 1. The second-order valence-corrected chi connectivity index (χ2v) is 3.80. The van der Waals surface area contributed by atoms with Crippen molar-refractivity contribution in [2.75, 3.05) is 13.7 Å². The van der Waals surface area contributed by atoms with Gasteiger partial charge in [-0.05, 0) is 0 Å². The van der Waals surface area contributed by atoms with Crippen LogP contribution in [0.4, 0.5) is 4.79 Å². The van der Waals surface area contributed by atoms with Gasteiger partial charge in [0.2, 0.25) is 0 Å². The van der Waals surface area contributed by atoms with Crippen molar-refractivity contribution in [3.05, 3.63) is 16.1 Å². The first-order chi connectivity index (χ1) is 6.31. The third-order valence-corrected chi connectivity index (χ3v) is 2.97. The molecule has 0 aromatic carbocycles. The number of ether oxygens (including phenoxy) is 1. The number of nitrogens with zero attached hydrogens (tertiary/aromatic N) is 2. The third-order valence-electron chi connectivity index (χ3n) is 2.11. The van der Waals surface area contributed by atoms with Gasteiger partial charge in [-0.1, -0.05) is 0 Å². The topological polar surface area (TPSA) is 42.4 Å². The predicted molar refractivity (Wildman–Crippen MR) is 48.6 cm³/mol. The van der Waals surface area contributed by atoms with Gasteiger partial charge < -0.3 is 9.64 Å². The molecule has 0 saturated carbocycles. The summed E-state index contributed by atoms with van der Waals surface area (Å²) < 4.78 is 4.65. The SMILES string of the molecule is COC(=O)N1CCc2ncsc2C1. The van der Waals surface area contributed by atoms with Gasteiger partial charge in [-0.2, -0.15) is 0 Å². The standard InChI is InChI=1S/C8H10N2O2S/c1-12-8(11)10-3-2-6-7(4-10)13-5-9-6/h5H,2-4H2,1H3. The molecule has 1 aliphatic rings. The highest BCUT2D eigenvalue weighted by molar-refractivity contribution is 7.09. The molecule has 0 N–H and O–H groups in total. The van der Waals surface area contributed by atoms with Gasteiger partial charge in [0.15, 0.2) is 0 Å². The van der Waals surface area contributed by atoms with Gasteiger partial charge in [0.25, 0.3) is 0 Å². The lowest BCUT2D eigenvalue weighted by atomic mass is 10.2. The molecule has 2 heterocycles. The predicted octanol–water partition coefficient (Wildman–Crippen LogP) is 1.27. The highest BCUT2D eigenvalue weighted by Crippen LogP contribution is 2.21. The second-order valence-electron chi connectivity index (χ2n) is 2.86. The molecular formula is C8H10N2O2S. The van der Waals surface area contributed by atoms with Crippen molar-refractivity contribution in [2.45, 2.75) is 13.0 Å². The Bertz CT molecular complexity index is 324. The van der Waals surface area contributed by atoms with Gasteiger partial charge in [0.05, 0.1) is 24.9 Å². The van der Waals surface area contributed by atoms with Crippen molar-refractivity contribution < 1.29 is 9.53 Å². The molecule has 0 fully saturated rings. The summed E-state index contributed by atoms with van der Waals surface area (Å²) in [7, 11) is 1.41. The maximum atomic E-state index is 11.2. The maximum Gasteiger partial charge on any atom is 0.409 e. The van der Waals surface area contributed by atoms with E-state index in [1.165, 1.54) is 12.0 Å². The van der Waals surface area contributed by atoms with Crippen LogP contribution in [-0.4, -0.2) is 29.6 Å². The lowest BCUT2D eigenvalue weighted by Gasteiger charge is -2.24. The zero-order chi connectivity index (χ0) is 9.26. The Morgan fingerprint density at radius 3 is 3.38 bits per heavy atom. The molecule has 0 atom stereocenters. The van der Waals surface area contributed by atoms with E-state index in [9.17, 15) is 4.79 Å². The monoisotopic (exact) mass is 198 g/mol. The molecular weight excluding hydrogens is 188 g/mol. The molecule has 13 heavy (non-hydrogen) atoms. The van der Waals surface area contributed by atoms with Crippen LogP contribution in [0.5, 0.6) is 0 Å². The van der Waals surface area contributed by atoms with Crippen molar-refractivity contribution >= 4 is 17.4 Å². The van der Waals surface area contributed by atoms with Crippen LogP contribution in [0, 0.1) is 0 Å². The van der Waals surface area contributed by atoms with E-state index in [0.717, 1.165) is 12.1 Å². The summed E-state index contributed by atoms with van der Waals surface area (Å²) in [6.07, 6.45) is 0.590. The number of rotatable bonds is 0. The highest BCUT2D eigenvalue weighted by Gasteiger charge is 2.22. The van der Waals surface area contributed by atoms with Crippen molar-refractivity contribution in [1.82, 2.24) is 9.88 Å². The average molecular weight is 198 g/mol. The fourth-order valence-electron chi connectivity index (χ4n) is 1.40. The van der Waals surface area contributed by atoms with E-state index < -0.39 is 0 Å². The Balaban J connectivity index is 2.13. The first-order valence-electron chi connectivity index (χ1n) is 4.05. The first kappa shape index (κ1) is 8.50. The van der Waals surface area contributed by atoms with Gasteiger partial charge >= 0.3 is 6.09 Å². The lowest BCUT2D eigenvalue weighted by Crippen LogP contribution is -2.35. The quantitative estimate of drug-likeness (QED) is 0.630. The number of methoxy groups -OCH3 is 1. The molecule has 4 nitrogen and oxygen atoms in total. The van der Waals surface area contributed by atoms with E-state index >= 15 is 0 Å². The van der Waals surface area contributed by atoms with Crippen LogP contribution < -0.4 is 0 Å². The number of carbonyl (C=O) groups is 1. The van der Waals surface area contributed by atoms with E-state index in [0.29, 0.717) is 13.1 Å². The molecule has 1 amide bonds. The minimum atomic E-state index is -0.251. The number of amides is 1. The minimum absolute atomic E-state index is 0.251. The minimum Gasteiger partial charge on any atom is -0.453 e. The van der Waals surface area contributed by atoms with E-state index in [1.54, 1.807) is 16.2 Å². The maximum absolute atomic E-state index is 11.2. The molecule has 1 aromatic rings. The first-order valence-corrected chi connectivity index (χ1v) is 4.93. The van der Waals surface area contributed by atoms with Crippen LogP contribution in [0.25, 0.3) is 0 Å². The highest BCUT2D eigenvalue weighted by atomic mass is 32.1. The molecule has 0 saturated heterocycles. The number of hydrogen-bond donors (Lipinski definition) is 0. The molecule has 1 aromatic heterocycles. The Kier molecular flexibility index (Phi) is 2.18. The van der Waals surface area contributed by atoms with E-state index in [1.807, 2.05) is 5.51 Å². The van der Waals surface area contributed by atoms with E-state index in [-0.39, 0.29) is 6.09 Å². The summed E-state index contributed by atoms with van der Waals surface area (Å²) in [4.78, 5) is 18.3. The summed E-state index contributed by atoms with van der Waals surface area (Å²) in [5.41, 5.74) is 2.95. The van der Waals surface area contributed by atoms with Crippen molar-refractivity contribution in [3.63, 3.8) is 0 Å². The van der Waals surface area contributed by atoms with Gasteiger partial charge in [-0.15, -0.1) is 11.3 Å². The lowest BCUT2D eigenvalue weighted by molar-refractivity contribution is 0.119. The van der Waals surface area contributed by atoms with Crippen LogP contribution in [-0.2, 0) is 17.7 Å². The number of thiazole rings is 1. The Labute approximate surface area is 80.1 Å². The van der Waals surface area contributed by atoms with E-state index in [2.05, 4.69) is 9.72 Å². The Hall–Kier alpha value is -1.10. The third kappa shape index (κ3) is 1.51. The number of carbonyl (C=O) groups excluding carboxylic acids is 1.